The summed E-state index contributed by atoms with van der Waals surface area (Å²) in [5.74, 6) is 0.572. The van der Waals surface area contributed by atoms with E-state index in [-0.39, 0.29) is 10.8 Å². The number of thioether (sulfide) groups is 1. The summed E-state index contributed by atoms with van der Waals surface area (Å²) in [6, 6.07) is 0. The molecular formula is C14H20N2O3S2. The fourth-order valence-corrected chi connectivity index (χ4v) is 4.64. The van der Waals surface area contributed by atoms with Gasteiger partial charge in [0.25, 0.3) is 0 Å². The van der Waals surface area contributed by atoms with Gasteiger partial charge in [0.2, 0.25) is 5.91 Å². The van der Waals surface area contributed by atoms with Crippen LogP contribution in [0.5, 0.6) is 0 Å². The van der Waals surface area contributed by atoms with Gasteiger partial charge >= 0.3 is 5.97 Å². The van der Waals surface area contributed by atoms with Crippen LogP contribution in [0.2, 0.25) is 0 Å². The van der Waals surface area contributed by atoms with Crippen molar-refractivity contribution in [1.82, 2.24) is 9.88 Å². The van der Waals surface area contributed by atoms with Gasteiger partial charge in [-0.1, -0.05) is 25.6 Å². The number of nitrogens with zero attached hydrogens (tertiary/aromatic N) is 2. The first-order chi connectivity index (χ1) is 9.86. The van der Waals surface area contributed by atoms with E-state index < -0.39 is 5.97 Å². The highest BCUT2D eigenvalue weighted by Crippen LogP contribution is 2.28. The van der Waals surface area contributed by atoms with Crippen LogP contribution < -0.4 is 0 Å². The minimum absolute atomic E-state index is 0.114. The van der Waals surface area contributed by atoms with Crippen LogP contribution in [0.3, 0.4) is 0 Å². The molecule has 21 heavy (non-hydrogen) atoms. The van der Waals surface area contributed by atoms with Crippen LogP contribution in [0.15, 0.2) is 4.34 Å². The number of aryl methyl sites for hydroxylation is 1. The number of carbonyl (C=O) groups excluding carboxylic acids is 1. The third-order valence-electron chi connectivity index (χ3n) is 3.51. The normalized spacial score (nSPS) is 22.3. The number of piperidine rings is 1. The minimum Gasteiger partial charge on any atom is -0.477 e. The maximum absolute atomic E-state index is 12.3. The number of amides is 1. The summed E-state index contributed by atoms with van der Waals surface area (Å²) in [5.41, 5.74) is 0.516. The molecule has 116 valence electrons. The monoisotopic (exact) mass is 328 g/mol. The van der Waals surface area contributed by atoms with Crippen molar-refractivity contribution in [3.8, 4) is 0 Å². The molecule has 5 nitrogen and oxygen atoms in total. The number of hydrogen-bond donors (Lipinski definition) is 1. The van der Waals surface area contributed by atoms with Crippen LogP contribution in [-0.2, 0) is 4.79 Å². The van der Waals surface area contributed by atoms with E-state index >= 15 is 0 Å². The maximum Gasteiger partial charge on any atom is 0.347 e. The fraction of sp³-hybridized carbons (Fsp3) is 0.643. The topological polar surface area (TPSA) is 70.5 Å². The highest BCUT2D eigenvalue weighted by atomic mass is 32.2. The average molecular weight is 328 g/mol. The molecule has 2 atom stereocenters. The molecule has 2 heterocycles. The van der Waals surface area contributed by atoms with Crippen LogP contribution in [-0.4, -0.2) is 45.7 Å². The van der Waals surface area contributed by atoms with E-state index in [1.54, 1.807) is 6.92 Å². The highest BCUT2D eigenvalue weighted by Gasteiger charge is 2.25. The van der Waals surface area contributed by atoms with E-state index in [9.17, 15) is 9.59 Å². The number of likely N-dealkylation sites (tertiary alicyclic amines) is 1. The summed E-state index contributed by atoms with van der Waals surface area (Å²) in [5, 5.41) is 9.00. The van der Waals surface area contributed by atoms with Gasteiger partial charge in [0.15, 0.2) is 4.34 Å². The van der Waals surface area contributed by atoms with E-state index in [4.69, 9.17) is 5.11 Å². The van der Waals surface area contributed by atoms with Gasteiger partial charge < -0.3 is 10.0 Å². The summed E-state index contributed by atoms with van der Waals surface area (Å²) in [6.07, 6.45) is 1.17. The van der Waals surface area contributed by atoms with Gasteiger partial charge in [-0.2, -0.15) is 0 Å². The van der Waals surface area contributed by atoms with Gasteiger partial charge in [-0.05, 0) is 25.2 Å². The van der Waals surface area contributed by atoms with Crippen LogP contribution in [0.4, 0.5) is 0 Å². The van der Waals surface area contributed by atoms with E-state index in [1.807, 2.05) is 4.90 Å². The zero-order valence-electron chi connectivity index (χ0n) is 12.5. The van der Waals surface area contributed by atoms with Crippen molar-refractivity contribution < 1.29 is 14.7 Å². The van der Waals surface area contributed by atoms with Gasteiger partial charge in [0, 0.05) is 13.1 Å². The Morgan fingerprint density at radius 2 is 2.00 bits per heavy atom. The molecule has 1 aromatic rings. The maximum atomic E-state index is 12.3. The highest BCUT2D eigenvalue weighted by molar-refractivity contribution is 8.01. The van der Waals surface area contributed by atoms with Crippen molar-refractivity contribution in [2.24, 2.45) is 11.8 Å². The van der Waals surface area contributed by atoms with Gasteiger partial charge in [0.05, 0.1) is 11.4 Å². The SMILES string of the molecule is Cc1nc(SCC(=O)N2CC(C)CC(C)C2)sc1C(=O)O. The number of carboxylic acids is 1. The largest absolute Gasteiger partial charge is 0.477 e. The standard InChI is InChI=1S/C14H20N2O3S2/c1-8-4-9(2)6-16(5-8)11(17)7-20-14-15-10(3)12(21-14)13(18)19/h8-9H,4-7H2,1-3H3,(H,18,19). The van der Waals surface area contributed by atoms with Gasteiger partial charge in [-0.25, -0.2) is 9.78 Å². The second-order valence-corrected chi connectivity index (χ2v) is 7.95. The van der Waals surface area contributed by atoms with Crippen molar-refractivity contribution in [3.05, 3.63) is 10.6 Å². The van der Waals surface area contributed by atoms with Crippen molar-refractivity contribution in [1.29, 1.82) is 0 Å². The first-order valence-corrected chi connectivity index (χ1v) is 8.78. The molecule has 2 unspecified atom stereocenters. The molecule has 1 aliphatic heterocycles. The predicted molar refractivity (Wildman–Crippen MR) is 84.1 cm³/mol. The summed E-state index contributed by atoms with van der Waals surface area (Å²) in [4.78, 5) is 29.6. The third-order valence-corrected chi connectivity index (χ3v) is 5.79. The second kappa shape index (κ2) is 6.79. The second-order valence-electron chi connectivity index (χ2n) is 5.73. The Balaban J connectivity index is 1.92. The van der Waals surface area contributed by atoms with E-state index in [1.165, 1.54) is 18.2 Å². The number of aromatic carboxylic acids is 1. The Morgan fingerprint density at radius 1 is 1.38 bits per heavy atom. The summed E-state index contributed by atoms with van der Waals surface area (Å²) in [7, 11) is 0. The zero-order valence-corrected chi connectivity index (χ0v) is 14.1. The van der Waals surface area contributed by atoms with E-state index in [0.717, 1.165) is 24.4 Å². The van der Waals surface area contributed by atoms with Crippen LogP contribution >= 0.6 is 23.1 Å². The quantitative estimate of drug-likeness (QED) is 0.861. The van der Waals surface area contributed by atoms with Crippen molar-refractivity contribution >= 4 is 35.0 Å². The number of aromatic nitrogens is 1. The Hall–Kier alpha value is -1.08. The van der Waals surface area contributed by atoms with Crippen LogP contribution in [0.1, 0.15) is 35.6 Å². The lowest BCUT2D eigenvalue weighted by Crippen LogP contribution is -2.43. The van der Waals surface area contributed by atoms with Crippen LogP contribution in [0, 0.1) is 18.8 Å². The number of rotatable bonds is 4. The van der Waals surface area contributed by atoms with Crippen molar-refractivity contribution in [2.75, 3.05) is 18.8 Å². The smallest absolute Gasteiger partial charge is 0.347 e. The molecule has 1 aromatic heterocycles. The number of thiazole rings is 1. The van der Waals surface area contributed by atoms with Gasteiger partial charge in [0.1, 0.15) is 4.88 Å². The zero-order chi connectivity index (χ0) is 15.6. The Morgan fingerprint density at radius 3 is 2.52 bits per heavy atom. The Bertz CT molecular complexity index is 534. The molecule has 0 bridgehead atoms. The van der Waals surface area contributed by atoms with Gasteiger partial charge in [-0.15, -0.1) is 11.3 Å². The predicted octanol–water partition coefficient (Wildman–Crippen LogP) is 2.75. The molecule has 7 heteroatoms. The average Bonchev–Trinajstić information content (AvgIpc) is 2.76. The fourth-order valence-electron chi connectivity index (χ4n) is 2.71. The molecule has 0 spiro atoms. The molecule has 0 aliphatic carbocycles. The lowest BCUT2D eigenvalue weighted by atomic mass is 9.92. The molecule has 0 aromatic carbocycles. The summed E-state index contributed by atoms with van der Waals surface area (Å²) >= 11 is 2.47. The molecule has 1 amide bonds. The molecule has 1 saturated heterocycles. The number of hydrogen-bond acceptors (Lipinski definition) is 5. The molecule has 0 radical (unpaired) electrons. The molecule has 2 rings (SSSR count). The third kappa shape index (κ3) is 4.20. The van der Waals surface area contributed by atoms with E-state index in [0.29, 0.717) is 27.6 Å². The molecule has 1 N–H and O–H groups in total. The van der Waals surface area contributed by atoms with E-state index in [2.05, 4.69) is 18.8 Å². The lowest BCUT2D eigenvalue weighted by Gasteiger charge is -2.34. The number of carbonyl (C=O) groups is 2. The Kier molecular flexibility index (Phi) is 5.27. The lowest BCUT2D eigenvalue weighted by molar-refractivity contribution is -0.130. The summed E-state index contributed by atoms with van der Waals surface area (Å²) < 4.78 is 0.649. The molecule has 0 saturated carbocycles. The Labute approximate surface area is 132 Å². The first kappa shape index (κ1) is 16.3. The van der Waals surface area contributed by atoms with Crippen molar-refractivity contribution in [3.63, 3.8) is 0 Å². The van der Waals surface area contributed by atoms with Gasteiger partial charge in [-0.3, -0.25) is 4.79 Å². The number of carboxylic acid groups (broad SMARTS) is 1. The first-order valence-electron chi connectivity index (χ1n) is 6.98. The summed E-state index contributed by atoms with van der Waals surface area (Å²) in [6.45, 7) is 7.67. The minimum atomic E-state index is -0.957. The molecule has 1 fully saturated rings. The molecule has 1 aliphatic rings. The van der Waals surface area contributed by atoms with Crippen LogP contribution in [0.25, 0.3) is 0 Å². The van der Waals surface area contributed by atoms with Crippen molar-refractivity contribution in [2.45, 2.75) is 31.5 Å². The molecular weight excluding hydrogens is 308 g/mol.